The van der Waals surface area contributed by atoms with Crippen molar-refractivity contribution in [3.8, 4) is 0 Å². The van der Waals surface area contributed by atoms with Crippen LogP contribution in [0.3, 0.4) is 0 Å². The summed E-state index contributed by atoms with van der Waals surface area (Å²) < 4.78 is 11.9. The van der Waals surface area contributed by atoms with Gasteiger partial charge in [-0.15, -0.1) is 0 Å². The molecule has 0 aromatic carbocycles. The SMILES string of the molecule is C[Si](C)(C)P(=O)(O)[Si](C)(C)C. The first-order valence-electron chi connectivity index (χ1n) is 3.83. The molecular weight excluding hydrogens is 191 g/mol. The standard InChI is InChI=1S/C6H19O2PSi2/c1-10(2,3)9(7,8)11(4,5)6/h1-6H3,(H,7,8). The van der Waals surface area contributed by atoms with Crippen LogP contribution in [-0.2, 0) is 4.57 Å². The van der Waals surface area contributed by atoms with Crippen LogP contribution in [0.1, 0.15) is 0 Å². The highest BCUT2D eigenvalue weighted by Crippen LogP contribution is 2.58. The van der Waals surface area contributed by atoms with E-state index in [0.29, 0.717) is 0 Å². The molecule has 0 radical (unpaired) electrons. The predicted molar refractivity (Wildman–Crippen MR) is 56.5 cm³/mol. The van der Waals surface area contributed by atoms with Crippen molar-refractivity contribution in [2.75, 3.05) is 0 Å². The van der Waals surface area contributed by atoms with Crippen molar-refractivity contribution in [3.63, 3.8) is 0 Å². The summed E-state index contributed by atoms with van der Waals surface area (Å²) in [5, 5.41) is 0. The minimum atomic E-state index is -2.78. The van der Waals surface area contributed by atoms with Gasteiger partial charge in [-0.3, -0.25) is 0 Å². The number of hydrogen-bond donors (Lipinski definition) is 1. The van der Waals surface area contributed by atoms with Crippen molar-refractivity contribution >= 4 is 21.9 Å². The minimum Gasteiger partial charge on any atom is -0.351 e. The van der Waals surface area contributed by atoms with E-state index in [2.05, 4.69) is 0 Å². The second-order valence-corrected chi connectivity index (χ2v) is 27.8. The van der Waals surface area contributed by atoms with Crippen molar-refractivity contribution in [3.05, 3.63) is 0 Å². The molecule has 0 aromatic rings. The second kappa shape index (κ2) is 2.84. The Hall–Kier alpha value is 0.624. The topological polar surface area (TPSA) is 37.3 Å². The first kappa shape index (κ1) is 11.6. The molecule has 0 aliphatic rings. The summed E-state index contributed by atoms with van der Waals surface area (Å²) in [5.74, 6) is 0. The minimum absolute atomic E-state index is 1.85. The summed E-state index contributed by atoms with van der Waals surface area (Å²) in [6, 6.07) is 0. The summed E-state index contributed by atoms with van der Waals surface area (Å²) in [6.45, 7) is 9.09. The Kier molecular flexibility index (Phi) is 3.00. The Labute approximate surface area is 71.2 Å². The molecule has 0 fully saturated rings. The lowest BCUT2D eigenvalue weighted by Gasteiger charge is -2.33. The summed E-state index contributed by atoms with van der Waals surface area (Å²) in [4.78, 5) is 9.87. The summed E-state index contributed by atoms with van der Waals surface area (Å²) >= 11 is 0. The molecule has 0 bridgehead atoms. The Morgan fingerprint density at radius 3 is 1.09 bits per heavy atom. The monoisotopic (exact) mass is 210 g/mol. The summed E-state index contributed by atoms with van der Waals surface area (Å²) in [5.41, 5.74) is 0. The van der Waals surface area contributed by atoms with Crippen LogP contribution in [-0.4, -0.2) is 20.4 Å². The highest BCUT2D eigenvalue weighted by atomic mass is 31.7. The van der Waals surface area contributed by atoms with Crippen molar-refractivity contribution in [1.82, 2.24) is 0 Å². The maximum absolute atomic E-state index is 11.9. The Bertz CT molecular complexity index is 172. The van der Waals surface area contributed by atoms with E-state index < -0.39 is 21.9 Å². The normalized spacial score (nSPS) is 15.2. The summed E-state index contributed by atoms with van der Waals surface area (Å²) in [7, 11) is -3.69. The average molecular weight is 210 g/mol. The lowest BCUT2D eigenvalue weighted by Crippen LogP contribution is -2.35. The van der Waals surface area contributed by atoms with E-state index in [-0.39, 0.29) is 0 Å². The first-order chi connectivity index (χ1) is 4.50. The van der Waals surface area contributed by atoms with Crippen molar-refractivity contribution in [2.24, 2.45) is 0 Å². The van der Waals surface area contributed by atoms with Crippen LogP contribution in [0.15, 0.2) is 0 Å². The zero-order valence-electron chi connectivity index (χ0n) is 8.30. The molecule has 0 saturated carbocycles. The fraction of sp³-hybridized carbons (Fsp3) is 1.00. The largest absolute Gasteiger partial charge is 0.351 e. The first-order valence-corrected chi connectivity index (χ1v) is 14.2. The summed E-state index contributed by atoms with van der Waals surface area (Å²) in [6.07, 6.45) is 0. The van der Waals surface area contributed by atoms with E-state index in [1.54, 1.807) is 0 Å². The van der Waals surface area contributed by atoms with E-state index >= 15 is 0 Å². The molecular formula is C6H19O2PSi2. The third-order valence-electron chi connectivity index (χ3n) is 1.82. The van der Waals surface area contributed by atoms with Gasteiger partial charge in [0.25, 0.3) is 0 Å². The van der Waals surface area contributed by atoms with Crippen LogP contribution in [0.4, 0.5) is 0 Å². The average Bonchev–Trinajstić information content (AvgIpc) is 1.58. The van der Waals surface area contributed by atoms with Gasteiger partial charge in [-0.2, -0.15) is 0 Å². The molecule has 0 aliphatic carbocycles. The van der Waals surface area contributed by atoms with Gasteiger partial charge in [-0.25, -0.2) is 0 Å². The van der Waals surface area contributed by atoms with E-state index in [1.807, 2.05) is 39.3 Å². The molecule has 0 heterocycles. The number of rotatable bonds is 2. The maximum atomic E-state index is 11.9. The Balaban J connectivity index is 4.92. The lowest BCUT2D eigenvalue weighted by molar-refractivity contribution is 0.506. The maximum Gasteiger partial charge on any atom is 0.152 e. The highest BCUT2D eigenvalue weighted by Gasteiger charge is 2.47. The molecule has 0 amide bonds. The third kappa shape index (κ3) is 2.28. The fourth-order valence-corrected chi connectivity index (χ4v) is 27.2. The van der Waals surface area contributed by atoms with Crippen LogP contribution in [0.5, 0.6) is 0 Å². The quantitative estimate of drug-likeness (QED) is 0.562. The van der Waals surface area contributed by atoms with Gasteiger partial charge < -0.3 is 9.46 Å². The van der Waals surface area contributed by atoms with Gasteiger partial charge in [0, 0.05) is 0 Å². The molecule has 0 spiro atoms. The van der Waals surface area contributed by atoms with Crippen LogP contribution in [0.25, 0.3) is 0 Å². The van der Waals surface area contributed by atoms with Crippen molar-refractivity contribution in [2.45, 2.75) is 39.3 Å². The molecule has 0 atom stereocenters. The second-order valence-electron chi connectivity index (χ2n) is 4.92. The van der Waals surface area contributed by atoms with E-state index in [9.17, 15) is 9.46 Å². The van der Waals surface area contributed by atoms with E-state index in [0.717, 1.165) is 0 Å². The van der Waals surface area contributed by atoms with Gasteiger partial charge in [-0.1, -0.05) is 39.3 Å². The van der Waals surface area contributed by atoms with Gasteiger partial charge >= 0.3 is 0 Å². The van der Waals surface area contributed by atoms with Crippen LogP contribution >= 0.6 is 6.46 Å². The Morgan fingerprint density at radius 1 is 0.909 bits per heavy atom. The predicted octanol–water partition coefficient (Wildman–Crippen LogP) is 2.93. The molecule has 1 N–H and O–H groups in total. The third-order valence-corrected chi connectivity index (χ3v) is 28.4. The van der Waals surface area contributed by atoms with E-state index in [1.165, 1.54) is 0 Å². The zero-order chi connectivity index (χ0) is 9.50. The van der Waals surface area contributed by atoms with Crippen LogP contribution < -0.4 is 0 Å². The molecule has 68 valence electrons. The van der Waals surface area contributed by atoms with Crippen LogP contribution in [0, 0.1) is 0 Å². The molecule has 5 heteroatoms. The van der Waals surface area contributed by atoms with Crippen molar-refractivity contribution in [1.29, 1.82) is 0 Å². The lowest BCUT2D eigenvalue weighted by atomic mass is 11.8. The zero-order valence-corrected chi connectivity index (χ0v) is 11.2. The van der Waals surface area contributed by atoms with Gasteiger partial charge in [0.2, 0.25) is 0 Å². The molecule has 0 unspecified atom stereocenters. The van der Waals surface area contributed by atoms with Gasteiger partial charge in [0.05, 0.1) is 0 Å². The fourth-order valence-electron chi connectivity index (χ4n) is 1.01. The van der Waals surface area contributed by atoms with Gasteiger partial charge in [-0.05, 0) is 0 Å². The van der Waals surface area contributed by atoms with Crippen LogP contribution in [0.2, 0.25) is 39.3 Å². The molecule has 0 saturated heterocycles. The van der Waals surface area contributed by atoms with Gasteiger partial charge in [0.15, 0.2) is 6.46 Å². The molecule has 0 aromatic heterocycles. The van der Waals surface area contributed by atoms with Gasteiger partial charge in [0.1, 0.15) is 15.5 Å². The Morgan fingerprint density at radius 2 is 1.09 bits per heavy atom. The highest BCUT2D eigenvalue weighted by molar-refractivity contribution is 8.19. The molecule has 2 nitrogen and oxygen atoms in total. The smallest absolute Gasteiger partial charge is 0.152 e. The number of hydrogen-bond acceptors (Lipinski definition) is 1. The molecule has 0 aliphatic heterocycles. The van der Waals surface area contributed by atoms with E-state index in [4.69, 9.17) is 0 Å². The van der Waals surface area contributed by atoms with Crippen molar-refractivity contribution < 1.29 is 9.46 Å². The molecule has 11 heavy (non-hydrogen) atoms. The molecule has 0 rings (SSSR count).